The number of phenolic OH excluding ortho intramolecular Hbond substituents is 2. The van der Waals surface area contributed by atoms with Gasteiger partial charge in [0.2, 0.25) is 0 Å². The van der Waals surface area contributed by atoms with Crippen LogP contribution < -0.4 is 11.5 Å². The van der Waals surface area contributed by atoms with Gasteiger partial charge in [0.15, 0.2) is 5.69 Å². The van der Waals surface area contributed by atoms with Crippen molar-refractivity contribution >= 4 is 22.7 Å². The minimum atomic E-state index is -0.607. The Balaban J connectivity index is 0.000000240. The monoisotopic (exact) mass is 336 g/mol. The fraction of sp³-hybridized carbons (Fsp3) is 0.143. The van der Waals surface area contributed by atoms with Gasteiger partial charge < -0.3 is 21.7 Å². The van der Waals surface area contributed by atoms with Crippen LogP contribution in [0.25, 0.3) is 0 Å². The Kier molecular flexibility index (Phi) is 5.50. The zero-order valence-electron chi connectivity index (χ0n) is 12.9. The highest BCUT2D eigenvalue weighted by atomic mass is 16.6. The number of benzene rings is 2. The number of aromatic hydroxyl groups is 2. The van der Waals surface area contributed by atoms with Crippen molar-refractivity contribution < 1.29 is 20.1 Å². The highest BCUT2D eigenvalue weighted by Gasteiger charge is 2.17. The molecule has 128 valence electrons. The number of nitrogens with two attached hydrogens (primary N) is 2. The van der Waals surface area contributed by atoms with Crippen molar-refractivity contribution in [3.8, 4) is 11.5 Å². The Labute approximate surface area is 136 Å². The van der Waals surface area contributed by atoms with Gasteiger partial charge in [0.25, 0.3) is 11.4 Å². The van der Waals surface area contributed by atoms with Crippen molar-refractivity contribution in [1.29, 1.82) is 0 Å². The third kappa shape index (κ3) is 4.00. The number of nitrogen functional groups attached to an aromatic ring is 2. The standard InChI is InChI=1S/2C7H8N2O3/c1-4-2-5(9(11)12)3-6(8)7(4)10;1-4-2-3-5(10)6(8)7(4)9(11)12/h2*2-3,10H,8H2,1H3. The zero-order valence-corrected chi connectivity index (χ0v) is 12.9. The van der Waals surface area contributed by atoms with Crippen molar-refractivity contribution in [2.75, 3.05) is 11.5 Å². The van der Waals surface area contributed by atoms with Gasteiger partial charge in [0.1, 0.15) is 11.5 Å². The van der Waals surface area contributed by atoms with Gasteiger partial charge in [-0.25, -0.2) is 0 Å². The molecule has 2 rings (SSSR count). The summed E-state index contributed by atoms with van der Waals surface area (Å²) in [6.07, 6.45) is 0. The molecule has 2 aromatic rings. The van der Waals surface area contributed by atoms with Crippen LogP contribution in [0.2, 0.25) is 0 Å². The fourth-order valence-corrected chi connectivity index (χ4v) is 1.84. The van der Waals surface area contributed by atoms with Crippen LogP contribution in [0, 0.1) is 34.1 Å². The van der Waals surface area contributed by atoms with Crippen LogP contribution in [0.3, 0.4) is 0 Å². The second-order valence-electron chi connectivity index (χ2n) is 4.88. The highest BCUT2D eigenvalue weighted by molar-refractivity contribution is 5.69. The quantitative estimate of drug-likeness (QED) is 0.279. The Morgan fingerprint density at radius 1 is 0.958 bits per heavy atom. The lowest BCUT2D eigenvalue weighted by atomic mass is 10.1. The molecule has 0 amide bonds. The number of hydrogen-bond donors (Lipinski definition) is 4. The van der Waals surface area contributed by atoms with Crippen molar-refractivity contribution in [2.24, 2.45) is 0 Å². The number of nitrogens with zero attached hydrogens (tertiary/aromatic N) is 2. The minimum absolute atomic E-state index is 0.0294. The van der Waals surface area contributed by atoms with Crippen LogP contribution in [0.1, 0.15) is 11.1 Å². The molecule has 0 aromatic heterocycles. The van der Waals surface area contributed by atoms with E-state index in [4.69, 9.17) is 21.7 Å². The average molecular weight is 336 g/mol. The summed E-state index contributed by atoms with van der Waals surface area (Å²) in [7, 11) is 0. The van der Waals surface area contributed by atoms with E-state index in [2.05, 4.69) is 0 Å². The van der Waals surface area contributed by atoms with Gasteiger partial charge >= 0.3 is 0 Å². The molecular weight excluding hydrogens is 320 g/mol. The molecule has 0 fully saturated rings. The molecule has 2 aromatic carbocycles. The van der Waals surface area contributed by atoms with E-state index in [1.807, 2.05) is 0 Å². The molecule has 0 spiro atoms. The summed E-state index contributed by atoms with van der Waals surface area (Å²) in [6.45, 7) is 3.12. The lowest BCUT2D eigenvalue weighted by Gasteiger charge is -2.01. The predicted molar refractivity (Wildman–Crippen MR) is 87.8 cm³/mol. The van der Waals surface area contributed by atoms with Gasteiger partial charge in [-0.15, -0.1) is 0 Å². The van der Waals surface area contributed by atoms with E-state index < -0.39 is 9.85 Å². The molecule has 10 nitrogen and oxygen atoms in total. The van der Waals surface area contributed by atoms with E-state index in [-0.39, 0.29) is 34.2 Å². The topological polar surface area (TPSA) is 179 Å². The number of anilines is 2. The van der Waals surface area contributed by atoms with Gasteiger partial charge in [0.05, 0.1) is 15.5 Å². The Hall–Kier alpha value is -3.56. The van der Waals surface area contributed by atoms with Crippen LogP contribution in [-0.4, -0.2) is 20.1 Å². The van der Waals surface area contributed by atoms with Crippen molar-refractivity contribution in [3.63, 3.8) is 0 Å². The lowest BCUT2D eigenvalue weighted by molar-refractivity contribution is -0.384. The average Bonchev–Trinajstić information content (AvgIpc) is 2.48. The Bertz CT molecular complexity index is 783. The molecule has 10 heteroatoms. The molecule has 0 bridgehead atoms. The molecule has 0 atom stereocenters. The van der Waals surface area contributed by atoms with Crippen LogP contribution in [0.5, 0.6) is 11.5 Å². The summed E-state index contributed by atoms with van der Waals surface area (Å²) < 4.78 is 0. The molecule has 0 aliphatic carbocycles. The number of aryl methyl sites for hydroxylation is 2. The summed E-state index contributed by atoms with van der Waals surface area (Å²) in [5, 5.41) is 38.9. The van der Waals surface area contributed by atoms with Gasteiger partial charge in [-0.2, -0.15) is 0 Å². The number of phenols is 2. The van der Waals surface area contributed by atoms with Crippen molar-refractivity contribution in [2.45, 2.75) is 13.8 Å². The number of non-ortho nitro benzene ring substituents is 1. The maximum atomic E-state index is 10.4. The maximum Gasteiger partial charge on any atom is 0.298 e. The van der Waals surface area contributed by atoms with E-state index in [1.54, 1.807) is 13.8 Å². The second kappa shape index (κ2) is 7.13. The van der Waals surface area contributed by atoms with E-state index in [0.29, 0.717) is 11.1 Å². The largest absolute Gasteiger partial charge is 0.506 e. The maximum absolute atomic E-state index is 10.4. The molecular formula is C14H16N4O6. The molecule has 6 N–H and O–H groups in total. The first kappa shape index (κ1) is 18.5. The number of nitro groups is 2. The number of nitro benzene ring substituents is 2. The van der Waals surface area contributed by atoms with Gasteiger partial charge in [-0.05, 0) is 31.5 Å². The molecule has 24 heavy (non-hydrogen) atoms. The summed E-state index contributed by atoms with van der Waals surface area (Å²) in [5.74, 6) is -0.354. The summed E-state index contributed by atoms with van der Waals surface area (Å²) in [6, 6.07) is 5.18. The van der Waals surface area contributed by atoms with Crippen LogP contribution >= 0.6 is 0 Å². The summed E-state index contributed by atoms with van der Waals surface area (Å²) >= 11 is 0. The van der Waals surface area contributed by atoms with Gasteiger partial charge in [-0.3, -0.25) is 20.2 Å². The number of hydrogen-bond acceptors (Lipinski definition) is 8. The highest BCUT2D eigenvalue weighted by Crippen LogP contribution is 2.33. The predicted octanol–water partition coefficient (Wildman–Crippen LogP) is 2.38. The normalized spacial score (nSPS) is 9.75. The SMILES string of the molecule is Cc1cc([N+](=O)[O-])cc(N)c1O.Cc1ccc(O)c(N)c1[N+](=O)[O-]. The third-order valence-corrected chi connectivity index (χ3v) is 3.10. The minimum Gasteiger partial charge on any atom is -0.506 e. The van der Waals surface area contributed by atoms with Gasteiger partial charge in [0, 0.05) is 17.7 Å². The fourth-order valence-electron chi connectivity index (χ4n) is 1.84. The smallest absolute Gasteiger partial charge is 0.298 e. The molecule has 0 aliphatic heterocycles. The third-order valence-electron chi connectivity index (χ3n) is 3.10. The molecule has 0 saturated heterocycles. The molecule has 0 unspecified atom stereocenters. The zero-order chi connectivity index (χ0) is 18.6. The molecule has 0 saturated carbocycles. The first-order valence-electron chi connectivity index (χ1n) is 6.52. The van der Waals surface area contributed by atoms with E-state index in [1.165, 1.54) is 18.2 Å². The van der Waals surface area contributed by atoms with E-state index >= 15 is 0 Å². The van der Waals surface area contributed by atoms with Crippen LogP contribution in [0.4, 0.5) is 22.7 Å². The first-order valence-corrected chi connectivity index (χ1v) is 6.52. The van der Waals surface area contributed by atoms with Gasteiger partial charge in [-0.1, -0.05) is 0 Å². The lowest BCUT2D eigenvalue weighted by Crippen LogP contribution is -1.98. The van der Waals surface area contributed by atoms with E-state index in [9.17, 15) is 20.2 Å². The molecule has 0 aliphatic rings. The second-order valence-corrected chi connectivity index (χ2v) is 4.88. The Morgan fingerprint density at radius 3 is 1.96 bits per heavy atom. The van der Waals surface area contributed by atoms with Crippen molar-refractivity contribution in [3.05, 3.63) is 55.6 Å². The molecule has 0 heterocycles. The molecule has 0 radical (unpaired) electrons. The summed E-state index contributed by atoms with van der Waals surface area (Å²) in [4.78, 5) is 19.5. The van der Waals surface area contributed by atoms with Crippen LogP contribution in [0.15, 0.2) is 24.3 Å². The van der Waals surface area contributed by atoms with E-state index in [0.717, 1.165) is 6.07 Å². The van der Waals surface area contributed by atoms with Crippen molar-refractivity contribution in [1.82, 2.24) is 0 Å². The Morgan fingerprint density at radius 2 is 1.54 bits per heavy atom. The number of rotatable bonds is 2. The van der Waals surface area contributed by atoms with Crippen LogP contribution in [-0.2, 0) is 0 Å². The summed E-state index contributed by atoms with van der Waals surface area (Å²) in [5.41, 5.74) is 11.0. The first-order chi connectivity index (χ1) is 11.1.